The molecule has 0 fully saturated rings. The van der Waals surface area contributed by atoms with Crippen molar-refractivity contribution >= 4 is 61.4 Å². The molecule has 0 saturated carbocycles. The van der Waals surface area contributed by atoms with Crippen molar-refractivity contribution in [3.8, 4) is 44.8 Å². The summed E-state index contributed by atoms with van der Waals surface area (Å²) in [6.45, 7) is 4.52. The topological polar surface area (TPSA) is 13.1 Å². The highest BCUT2D eigenvalue weighted by Crippen LogP contribution is 2.65. The molecule has 83 heavy (non-hydrogen) atoms. The van der Waals surface area contributed by atoms with Crippen LogP contribution in [-0.4, -0.2) is 9.13 Å². The molecule has 0 radical (unpaired) electrons. The molecule has 0 amide bonds. The number of nitrogens with zero attached hydrogens (tertiary/aromatic N) is 3. The van der Waals surface area contributed by atoms with Crippen molar-refractivity contribution in [2.45, 2.75) is 24.7 Å². The molecular weight excluding hydrogens is 1000 g/mol. The minimum Gasteiger partial charge on any atom is -0.310 e. The molecule has 4 aliphatic rings. The Hall–Kier alpha value is -10.5. The first-order chi connectivity index (χ1) is 41.0. The number of benzene rings is 12. The molecule has 12 aromatic carbocycles. The molecule has 2 aromatic heterocycles. The SMILES string of the molecule is C/C(=C\c1c(C)c2ccccc2n1-c1ccccc1)c1ccc(N(c2ccc3c(c2)C2(c4ccccc4-c4ccccc42)c2ccccc2-3)c2ccc3c(c2)C2(c4ccccc4-3)c3ccccc3-n3c4ccccc4c4cccc2c43)cc1. The third-order valence-electron chi connectivity index (χ3n) is 19.3. The van der Waals surface area contributed by atoms with E-state index in [0.29, 0.717) is 0 Å². The van der Waals surface area contributed by atoms with E-state index in [2.05, 4.69) is 313 Å². The van der Waals surface area contributed by atoms with Gasteiger partial charge in [-0.2, -0.15) is 0 Å². The maximum Gasteiger partial charge on any atom is 0.0755 e. The lowest BCUT2D eigenvalue weighted by atomic mass is 9.65. The molecule has 3 aliphatic carbocycles. The highest BCUT2D eigenvalue weighted by Gasteiger charge is 2.53. The van der Waals surface area contributed by atoms with E-state index < -0.39 is 10.8 Å². The monoisotopic (exact) mass is 1060 g/mol. The van der Waals surface area contributed by atoms with Gasteiger partial charge >= 0.3 is 0 Å². The Balaban J connectivity index is 0.874. The molecule has 388 valence electrons. The van der Waals surface area contributed by atoms with Crippen molar-refractivity contribution < 1.29 is 0 Å². The quantitative estimate of drug-likeness (QED) is 0.162. The average molecular weight is 1060 g/mol. The van der Waals surface area contributed by atoms with E-state index in [-0.39, 0.29) is 0 Å². The molecule has 3 heteroatoms. The van der Waals surface area contributed by atoms with Crippen LogP contribution >= 0.6 is 0 Å². The van der Waals surface area contributed by atoms with Crippen LogP contribution in [0.1, 0.15) is 68.3 Å². The number of hydrogen-bond acceptors (Lipinski definition) is 1. The highest BCUT2D eigenvalue weighted by molar-refractivity contribution is 6.13. The van der Waals surface area contributed by atoms with Crippen LogP contribution < -0.4 is 4.90 Å². The van der Waals surface area contributed by atoms with Crippen LogP contribution in [0.15, 0.2) is 279 Å². The Bertz CT molecular complexity index is 5060. The lowest BCUT2D eigenvalue weighted by molar-refractivity contribution is 0.748. The second-order valence-electron chi connectivity index (χ2n) is 23.1. The highest BCUT2D eigenvalue weighted by atomic mass is 15.1. The summed E-state index contributed by atoms with van der Waals surface area (Å²) < 4.78 is 4.95. The predicted molar refractivity (Wildman–Crippen MR) is 344 cm³/mol. The van der Waals surface area contributed by atoms with E-state index in [0.717, 1.165) is 22.7 Å². The smallest absolute Gasteiger partial charge is 0.0755 e. The fraction of sp³-hybridized carbons (Fsp3) is 0.0500. The van der Waals surface area contributed by atoms with Crippen LogP contribution in [0.4, 0.5) is 17.1 Å². The maximum absolute atomic E-state index is 2.55. The summed E-state index contributed by atoms with van der Waals surface area (Å²) >= 11 is 0. The Labute approximate surface area is 482 Å². The molecule has 14 aromatic rings. The second kappa shape index (κ2) is 17.0. The van der Waals surface area contributed by atoms with Crippen molar-refractivity contribution in [3.05, 3.63) is 340 Å². The van der Waals surface area contributed by atoms with Gasteiger partial charge in [-0.3, -0.25) is 0 Å². The van der Waals surface area contributed by atoms with Gasteiger partial charge in [-0.25, -0.2) is 0 Å². The summed E-state index contributed by atoms with van der Waals surface area (Å²) in [4.78, 5) is 2.53. The molecule has 1 aliphatic heterocycles. The summed E-state index contributed by atoms with van der Waals surface area (Å²) in [6.07, 6.45) is 2.38. The van der Waals surface area contributed by atoms with Gasteiger partial charge in [-0.05, 0) is 181 Å². The third-order valence-corrected chi connectivity index (χ3v) is 19.3. The van der Waals surface area contributed by atoms with E-state index in [1.54, 1.807) is 0 Å². The number of rotatable bonds is 6. The van der Waals surface area contributed by atoms with Gasteiger partial charge in [0, 0.05) is 38.9 Å². The lowest BCUT2D eigenvalue weighted by Gasteiger charge is -2.40. The number of hydrogen-bond donors (Lipinski definition) is 0. The van der Waals surface area contributed by atoms with E-state index in [9.17, 15) is 0 Å². The van der Waals surface area contributed by atoms with Crippen molar-refractivity contribution in [2.24, 2.45) is 0 Å². The van der Waals surface area contributed by atoms with Gasteiger partial charge in [-0.15, -0.1) is 0 Å². The van der Waals surface area contributed by atoms with E-state index in [1.165, 1.54) is 139 Å². The van der Waals surface area contributed by atoms with Crippen molar-refractivity contribution in [1.29, 1.82) is 0 Å². The number of allylic oxidation sites excluding steroid dienone is 1. The molecule has 1 unspecified atom stereocenters. The molecule has 0 N–H and O–H groups in total. The normalized spacial score (nSPS) is 15.3. The molecular formula is C80H53N3. The Morgan fingerprint density at radius 2 is 0.783 bits per heavy atom. The van der Waals surface area contributed by atoms with Gasteiger partial charge in [0.1, 0.15) is 0 Å². The third kappa shape index (κ3) is 5.98. The first-order valence-electron chi connectivity index (χ1n) is 29.1. The number of anilines is 3. The van der Waals surface area contributed by atoms with Gasteiger partial charge in [-0.1, -0.05) is 212 Å². The van der Waals surface area contributed by atoms with Gasteiger partial charge in [0.05, 0.1) is 38.8 Å². The number of para-hydroxylation sites is 5. The summed E-state index contributed by atoms with van der Waals surface area (Å²) in [7, 11) is 0. The van der Waals surface area contributed by atoms with Crippen LogP contribution in [0, 0.1) is 6.92 Å². The van der Waals surface area contributed by atoms with Crippen LogP contribution in [-0.2, 0) is 10.8 Å². The number of aryl methyl sites for hydroxylation is 1. The van der Waals surface area contributed by atoms with Crippen molar-refractivity contribution in [1.82, 2.24) is 9.13 Å². The maximum atomic E-state index is 2.55. The zero-order valence-corrected chi connectivity index (χ0v) is 46.0. The Morgan fingerprint density at radius 1 is 0.349 bits per heavy atom. The minimum atomic E-state index is -0.610. The van der Waals surface area contributed by atoms with Crippen LogP contribution in [0.5, 0.6) is 0 Å². The summed E-state index contributed by atoms with van der Waals surface area (Å²) in [5.74, 6) is 0. The molecule has 2 spiro atoms. The first-order valence-corrected chi connectivity index (χ1v) is 29.1. The first kappa shape index (κ1) is 46.3. The Kier molecular flexibility index (Phi) is 9.50. The summed E-state index contributed by atoms with van der Waals surface area (Å²) in [5, 5.41) is 3.81. The van der Waals surface area contributed by atoms with Gasteiger partial charge in [0.15, 0.2) is 0 Å². The standard InChI is InChI=1S/C80H53N3/c1-50(47-77-51(2)57-23-10-17-36-74(57)82(77)53-21-4-3-5-22-53)52-39-41-54(42-40-52)81(55-43-45-62-60-26-8-14-32-68(60)79(72(62)48-55)66-30-12-6-24-58(66)59-25-7-13-31-67(59)79)56-44-46-63-61-27-9-15-33-69(61)80(73(63)49-56)70-34-16-19-38-76(70)83-75-37-18-11-28-64(75)65-29-20-35-71(80)78(65)83/h3-49H,1-2H3/b50-47+. The number of fused-ring (bicyclic) bond motifs is 23. The van der Waals surface area contributed by atoms with Crippen molar-refractivity contribution in [3.63, 3.8) is 0 Å². The molecule has 1 atom stereocenters. The lowest BCUT2D eigenvalue weighted by Crippen LogP contribution is -2.33. The van der Waals surface area contributed by atoms with Crippen molar-refractivity contribution in [2.75, 3.05) is 4.90 Å². The molecule has 18 rings (SSSR count). The molecule has 3 heterocycles. The largest absolute Gasteiger partial charge is 0.310 e. The van der Waals surface area contributed by atoms with E-state index in [1.807, 2.05) is 0 Å². The summed E-state index contributed by atoms with van der Waals surface area (Å²) in [6, 6.07) is 105. The van der Waals surface area contributed by atoms with E-state index >= 15 is 0 Å². The summed E-state index contributed by atoms with van der Waals surface area (Å²) in [5.41, 5.74) is 31.4. The minimum absolute atomic E-state index is 0.501. The predicted octanol–water partition coefficient (Wildman–Crippen LogP) is 20.1. The van der Waals surface area contributed by atoms with Gasteiger partial charge in [0.25, 0.3) is 0 Å². The van der Waals surface area contributed by atoms with Crippen LogP contribution in [0.25, 0.3) is 89.1 Å². The Morgan fingerprint density at radius 3 is 1.37 bits per heavy atom. The molecule has 0 bridgehead atoms. The van der Waals surface area contributed by atoms with E-state index in [4.69, 9.17) is 0 Å². The second-order valence-corrected chi connectivity index (χ2v) is 23.1. The van der Waals surface area contributed by atoms with Gasteiger partial charge < -0.3 is 14.0 Å². The average Bonchev–Trinajstić information content (AvgIpc) is 1.66. The fourth-order valence-electron chi connectivity index (χ4n) is 16.0. The zero-order chi connectivity index (χ0) is 54.7. The molecule has 3 nitrogen and oxygen atoms in total. The number of aromatic nitrogens is 2. The fourth-order valence-corrected chi connectivity index (χ4v) is 16.0. The zero-order valence-electron chi connectivity index (χ0n) is 46.0. The molecule has 0 saturated heterocycles. The van der Waals surface area contributed by atoms with Crippen LogP contribution in [0.2, 0.25) is 0 Å². The van der Waals surface area contributed by atoms with Gasteiger partial charge in [0.2, 0.25) is 0 Å². The van der Waals surface area contributed by atoms with Crippen LogP contribution in [0.3, 0.4) is 0 Å².